The average molecular weight is 214 g/mol. The summed E-state index contributed by atoms with van der Waals surface area (Å²) in [4.78, 5) is 20.5. The SMILES string of the molecule is COC(=O)c1ccc([N+](=O)[O-])c(N)c1F. The Morgan fingerprint density at radius 3 is 2.67 bits per heavy atom. The van der Waals surface area contributed by atoms with Gasteiger partial charge >= 0.3 is 5.97 Å². The van der Waals surface area contributed by atoms with Crippen LogP contribution in [0.4, 0.5) is 15.8 Å². The zero-order chi connectivity index (χ0) is 11.6. The minimum atomic E-state index is -1.14. The number of carbonyl (C=O) groups excluding carboxylic acids is 1. The average Bonchev–Trinajstić information content (AvgIpc) is 2.20. The number of ether oxygens (including phenoxy) is 1. The minimum absolute atomic E-state index is 0.430. The van der Waals surface area contributed by atoms with Crippen molar-refractivity contribution in [3.8, 4) is 0 Å². The number of hydrogen-bond donors (Lipinski definition) is 1. The lowest BCUT2D eigenvalue weighted by Crippen LogP contribution is -2.08. The van der Waals surface area contributed by atoms with Gasteiger partial charge in [-0.15, -0.1) is 0 Å². The third kappa shape index (κ3) is 1.85. The van der Waals surface area contributed by atoms with Crippen molar-refractivity contribution in [2.24, 2.45) is 0 Å². The summed E-state index contributed by atoms with van der Waals surface area (Å²) < 4.78 is 17.6. The van der Waals surface area contributed by atoms with Crippen molar-refractivity contribution < 1.29 is 18.8 Å². The van der Waals surface area contributed by atoms with Gasteiger partial charge in [0.15, 0.2) is 5.82 Å². The molecule has 0 amide bonds. The van der Waals surface area contributed by atoms with Crippen LogP contribution in [-0.4, -0.2) is 18.0 Å². The van der Waals surface area contributed by atoms with E-state index in [9.17, 15) is 19.3 Å². The van der Waals surface area contributed by atoms with Gasteiger partial charge in [0.1, 0.15) is 5.69 Å². The lowest BCUT2D eigenvalue weighted by Gasteiger charge is -2.03. The lowest BCUT2D eigenvalue weighted by molar-refractivity contribution is -0.384. The van der Waals surface area contributed by atoms with Crippen molar-refractivity contribution >= 4 is 17.3 Å². The van der Waals surface area contributed by atoms with Crippen LogP contribution >= 0.6 is 0 Å². The van der Waals surface area contributed by atoms with E-state index in [1.165, 1.54) is 0 Å². The summed E-state index contributed by atoms with van der Waals surface area (Å²) >= 11 is 0. The lowest BCUT2D eigenvalue weighted by atomic mass is 10.1. The summed E-state index contributed by atoms with van der Waals surface area (Å²) in [6, 6.07) is 1.90. The summed E-state index contributed by atoms with van der Waals surface area (Å²) in [5.74, 6) is -2.08. The second-order valence-electron chi connectivity index (χ2n) is 2.61. The van der Waals surface area contributed by atoms with Crippen molar-refractivity contribution in [3.63, 3.8) is 0 Å². The highest BCUT2D eigenvalue weighted by molar-refractivity contribution is 5.91. The van der Waals surface area contributed by atoms with Crippen LogP contribution in [0.3, 0.4) is 0 Å². The summed E-state index contributed by atoms with van der Waals surface area (Å²) in [5, 5.41) is 10.4. The van der Waals surface area contributed by atoms with E-state index < -0.39 is 33.6 Å². The Morgan fingerprint density at radius 2 is 2.20 bits per heavy atom. The van der Waals surface area contributed by atoms with Gasteiger partial charge in [0.25, 0.3) is 5.69 Å². The van der Waals surface area contributed by atoms with E-state index in [4.69, 9.17) is 5.73 Å². The summed E-state index contributed by atoms with van der Waals surface area (Å²) in [6.45, 7) is 0. The number of anilines is 1. The van der Waals surface area contributed by atoms with E-state index in [1.54, 1.807) is 0 Å². The second kappa shape index (κ2) is 3.91. The molecule has 0 saturated carbocycles. The first-order valence-corrected chi connectivity index (χ1v) is 3.79. The molecule has 0 aliphatic heterocycles. The summed E-state index contributed by atoms with van der Waals surface area (Å²) in [5.41, 5.74) is 3.46. The van der Waals surface area contributed by atoms with Crippen molar-refractivity contribution in [2.75, 3.05) is 12.8 Å². The molecule has 80 valence electrons. The van der Waals surface area contributed by atoms with Crippen LogP contribution in [0.15, 0.2) is 12.1 Å². The number of nitrogen functional groups attached to an aromatic ring is 1. The number of nitrogens with two attached hydrogens (primary N) is 1. The molecule has 6 nitrogen and oxygen atoms in total. The number of nitro benzene ring substituents is 1. The molecular formula is C8H7FN2O4. The molecule has 1 rings (SSSR count). The number of benzene rings is 1. The number of halogens is 1. The Labute approximate surface area is 83.6 Å². The van der Waals surface area contributed by atoms with Gasteiger partial charge in [-0.05, 0) is 6.07 Å². The van der Waals surface area contributed by atoms with Crippen LogP contribution in [0.25, 0.3) is 0 Å². The van der Waals surface area contributed by atoms with Crippen LogP contribution in [0.1, 0.15) is 10.4 Å². The maximum absolute atomic E-state index is 13.3. The molecule has 0 spiro atoms. The fourth-order valence-corrected chi connectivity index (χ4v) is 1.01. The Kier molecular flexibility index (Phi) is 2.84. The van der Waals surface area contributed by atoms with E-state index in [-0.39, 0.29) is 0 Å². The van der Waals surface area contributed by atoms with Crippen LogP contribution < -0.4 is 5.73 Å². The number of rotatable bonds is 2. The van der Waals surface area contributed by atoms with Gasteiger partial charge in [0.05, 0.1) is 17.6 Å². The molecule has 0 aromatic heterocycles. The molecule has 1 aromatic carbocycles. The van der Waals surface area contributed by atoms with Gasteiger partial charge in [-0.1, -0.05) is 0 Å². The minimum Gasteiger partial charge on any atom is -0.465 e. The molecule has 15 heavy (non-hydrogen) atoms. The quantitative estimate of drug-likeness (QED) is 0.344. The Morgan fingerprint density at radius 1 is 1.60 bits per heavy atom. The number of nitro groups is 1. The largest absolute Gasteiger partial charge is 0.465 e. The van der Waals surface area contributed by atoms with Crippen molar-refractivity contribution in [2.45, 2.75) is 0 Å². The molecule has 0 saturated heterocycles. The molecule has 0 bridgehead atoms. The van der Waals surface area contributed by atoms with E-state index in [1.807, 2.05) is 0 Å². The molecule has 0 aliphatic rings. The first-order chi connectivity index (χ1) is 6.99. The monoisotopic (exact) mass is 214 g/mol. The predicted molar refractivity (Wildman–Crippen MR) is 48.8 cm³/mol. The Hall–Kier alpha value is -2.18. The molecule has 2 N–H and O–H groups in total. The molecular weight excluding hydrogens is 207 g/mol. The molecule has 0 heterocycles. The van der Waals surface area contributed by atoms with Gasteiger partial charge < -0.3 is 10.5 Å². The summed E-state index contributed by atoms with van der Waals surface area (Å²) in [7, 11) is 1.07. The van der Waals surface area contributed by atoms with Crippen molar-refractivity contribution in [1.29, 1.82) is 0 Å². The van der Waals surface area contributed by atoms with E-state index in [2.05, 4.69) is 4.74 Å². The van der Waals surface area contributed by atoms with Crippen LogP contribution in [0.2, 0.25) is 0 Å². The van der Waals surface area contributed by atoms with Crippen molar-refractivity contribution in [1.82, 2.24) is 0 Å². The normalized spacial score (nSPS) is 9.73. The second-order valence-corrected chi connectivity index (χ2v) is 2.61. The smallest absolute Gasteiger partial charge is 0.340 e. The topological polar surface area (TPSA) is 95.5 Å². The molecule has 0 fully saturated rings. The van der Waals surface area contributed by atoms with E-state index in [0.29, 0.717) is 0 Å². The van der Waals surface area contributed by atoms with Gasteiger partial charge in [-0.3, -0.25) is 10.1 Å². The van der Waals surface area contributed by atoms with E-state index in [0.717, 1.165) is 19.2 Å². The third-order valence-electron chi connectivity index (χ3n) is 1.76. The zero-order valence-electron chi connectivity index (χ0n) is 7.69. The number of esters is 1. The highest BCUT2D eigenvalue weighted by atomic mass is 19.1. The highest BCUT2D eigenvalue weighted by Gasteiger charge is 2.22. The van der Waals surface area contributed by atoms with E-state index >= 15 is 0 Å². The Bertz CT molecular complexity index is 433. The first-order valence-electron chi connectivity index (χ1n) is 3.79. The van der Waals surface area contributed by atoms with Gasteiger partial charge in [0, 0.05) is 6.07 Å². The molecule has 0 aliphatic carbocycles. The number of nitrogens with zero attached hydrogens (tertiary/aromatic N) is 1. The molecule has 0 radical (unpaired) electrons. The number of methoxy groups -OCH3 is 1. The fraction of sp³-hybridized carbons (Fsp3) is 0.125. The maximum Gasteiger partial charge on any atom is 0.340 e. The van der Waals surface area contributed by atoms with Gasteiger partial charge in [-0.2, -0.15) is 0 Å². The zero-order valence-corrected chi connectivity index (χ0v) is 7.69. The predicted octanol–water partition coefficient (Wildman–Crippen LogP) is 1.10. The third-order valence-corrected chi connectivity index (χ3v) is 1.76. The molecule has 0 atom stereocenters. The number of carbonyl (C=O) groups is 1. The maximum atomic E-state index is 13.3. The van der Waals surface area contributed by atoms with Gasteiger partial charge in [-0.25, -0.2) is 9.18 Å². The molecule has 0 unspecified atom stereocenters. The standard InChI is InChI=1S/C8H7FN2O4/c1-15-8(12)4-2-3-5(11(13)14)7(10)6(4)9/h2-3H,10H2,1H3. The summed E-state index contributed by atoms with van der Waals surface area (Å²) in [6.07, 6.45) is 0. The molecule has 7 heteroatoms. The van der Waals surface area contributed by atoms with Crippen LogP contribution in [0, 0.1) is 15.9 Å². The first kappa shape index (κ1) is 10.9. The van der Waals surface area contributed by atoms with Gasteiger partial charge in [0.2, 0.25) is 0 Å². The van der Waals surface area contributed by atoms with Crippen molar-refractivity contribution in [3.05, 3.63) is 33.6 Å². The van der Waals surface area contributed by atoms with Crippen LogP contribution in [-0.2, 0) is 4.74 Å². The number of hydrogen-bond acceptors (Lipinski definition) is 5. The Balaban J connectivity index is 3.33. The molecule has 1 aromatic rings. The highest BCUT2D eigenvalue weighted by Crippen LogP contribution is 2.26. The van der Waals surface area contributed by atoms with Crippen LogP contribution in [0.5, 0.6) is 0 Å². The fourth-order valence-electron chi connectivity index (χ4n) is 1.01.